The van der Waals surface area contributed by atoms with Crippen molar-refractivity contribution in [1.82, 2.24) is 0 Å². The predicted octanol–water partition coefficient (Wildman–Crippen LogP) is 3.75. The minimum atomic E-state index is -0.723. The highest BCUT2D eigenvalue weighted by molar-refractivity contribution is 5.30. The van der Waals surface area contributed by atoms with Gasteiger partial charge in [0.05, 0.1) is 7.11 Å². The van der Waals surface area contributed by atoms with Crippen molar-refractivity contribution in [1.29, 1.82) is 0 Å². The van der Waals surface area contributed by atoms with Crippen LogP contribution in [0.4, 0.5) is 0 Å². The summed E-state index contributed by atoms with van der Waals surface area (Å²) < 4.78 is 11.3. The first-order valence-electron chi connectivity index (χ1n) is 7.44. The van der Waals surface area contributed by atoms with E-state index in [2.05, 4.69) is 6.92 Å². The summed E-state index contributed by atoms with van der Waals surface area (Å²) in [5.41, 5.74) is 0.995. The molecule has 0 radical (unpaired) electrons. The van der Waals surface area contributed by atoms with E-state index in [0.29, 0.717) is 5.92 Å². The molecule has 0 spiro atoms. The molecule has 1 aromatic carbocycles. The van der Waals surface area contributed by atoms with Crippen molar-refractivity contribution in [3.63, 3.8) is 0 Å². The normalized spacial score (nSPS) is 32.3. The molecule has 3 atom stereocenters. The number of unbranched alkanes of at least 4 members (excludes halogenated alkanes) is 1. The molecule has 2 heterocycles. The zero-order valence-corrected chi connectivity index (χ0v) is 12.1. The van der Waals surface area contributed by atoms with E-state index in [1.165, 1.54) is 12.8 Å². The maximum absolute atomic E-state index is 6.07. The Bertz CT molecular complexity index is 444. The molecule has 0 aromatic heterocycles. The fourth-order valence-corrected chi connectivity index (χ4v) is 2.99. The van der Waals surface area contributed by atoms with E-state index >= 15 is 0 Å². The Morgan fingerprint density at radius 1 is 1.30 bits per heavy atom. The molecule has 4 nitrogen and oxygen atoms in total. The van der Waals surface area contributed by atoms with E-state index < -0.39 is 5.79 Å². The largest absolute Gasteiger partial charge is 0.497 e. The lowest BCUT2D eigenvalue weighted by Gasteiger charge is -2.33. The summed E-state index contributed by atoms with van der Waals surface area (Å²) in [7, 11) is 1.66. The van der Waals surface area contributed by atoms with Crippen LogP contribution < -0.4 is 4.74 Å². The SMILES string of the molecule is CCCCC1CCC2(c3ccc(OC)cc3)OOC1O2. The summed E-state index contributed by atoms with van der Waals surface area (Å²) in [4.78, 5) is 11.0. The second kappa shape index (κ2) is 5.72. The molecule has 3 rings (SSSR count). The van der Waals surface area contributed by atoms with Gasteiger partial charge in [0, 0.05) is 17.9 Å². The van der Waals surface area contributed by atoms with Crippen LogP contribution >= 0.6 is 0 Å². The molecular formula is C16H22O4. The number of ether oxygens (including phenoxy) is 2. The second-order valence-corrected chi connectivity index (χ2v) is 5.59. The first-order valence-corrected chi connectivity index (χ1v) is 7.44. The minimum absolute atomic E-state index is 0.225. The zero-order chi connectivity index (χ0) is 14.0. The molecule has 0 saturated carbocycles. The van der Waals surface area contributed by atoms with Gasteiger partial charge in [-0.15, -0.1) is 0 Å². The second-order valence-electron chi connectivity index (χ2n) is 5.59. The number of hydrogen-bond donors (Lipinski definition) is 0. The monoisotopic (exact) mass is 278 g/mol. The van der Waals surface area contributed by atoms with Gasteiger partial charge in [-0.25, -0.2) is 4.89 Å². The van der Waals surface area contributed by atoms with Crippen molar-refractivity contribution < 1.29 is 19.2 Å². The first-order chi connectivity index (χ1) is 9.77. The highest BCUT2D eigenvalue weighted by Gasteiger charge is 2.51. The Labute approximate surface area is 119 Å². The lowest BCUT2D eigenvalue weighted by atomic mass is 9.88. The van der Waals surface area contributed by atoms with Crippen LogP contribution in [0.25, 0.3) is 0 Å². The molecule has 0 amide bonds. The van der Waals surface area contributed by atoms with Crippen LogP contribution in [0, 0.1) is 5.92 Å². The van der Waals surface area contributed by atoms with Crippen LogP contribution in [0.3, 0.4) is 0 Å². The summed E-state index contributed by atoms with van der Waals surface area (Å²) in [6, 6.07) is 7.81. The van der Waals surface area contributed by atoms with Crippen molar-refractivity contribution in [3.05, 3.63) is 29.8 Å². The standard InChI is InChI=1S/C16H22O4/c1-3-4-5-12-10-11-16(18-15(12)19-20-16)13-6-8-14(17-2)9-7-13/h6-9,12,15H,3-5,10-11H2,1-2H3. The molecule has 0 N–H and O–H groups in total. The summed E-state index contributed by atoms with van der Waals surface area (Å²) >= 11 is 0. The van der Waals surface area contributed by atoms with Crippen LogP contribution in [-0.2, 0) is 20.3 Å². The lowest BCUT2D eigenvalue weighted by molar-refractivity contribution is -0.333. The van der Waals surface area contributed by atoms with Gasteiger partial charge in [0.1, 0.15) is 5.75 Å². The molecule has 2 saturated heterocycles. The Hall–Kier alpha value is -1.10. The molecule has 110 valence electrons. The molecule has 1 aromatic rings. The topological polar surface area (TPSA) is 36.9 Å². The molecule has 3 unspecified atom stereocenters. The fraction of sp³-hybridized carbons (Fsp3) is 0.625. The quantitative estimate of drug-likeness (QED) is 0.769. The number of rotatable bonds is 5. The van der Waals surface area contributed by atoms with Crippen molar-refractivity contribution in [2.75, 3.05) is 7.11 Å². The molecule has 2 bridgehead atoms. The first kappa shape index (κ1) is 13.9. The summed E-state index contributed by atoms with van der Waals surface area (Å²) in [6.45, 7) is 2.21. The van der Waals surface area contributed by atoms with Gasteiger partial charge < -0.3 is 9.47 Å². The Kier molecular flexibility index (Phi) is 3.96. The lowest BCUT2D eigenvalue weighted by Crippen LogP contribution is -2.36. The van der Waals surface area contributed by atoms with E-state index in [1.807, 2.05) is 24.3 Å². The number of benzene rings is 1. The van der Waals surface area contributed by atoms with Crippen molar-refractivity contribution >= 4 is 0 Å². The maximum Gasteiger partial charge on any atom is 0.230 e. The van der Waals surface area contributed by atoms with E-state index in [9.17, 15) is 0 Å². The third kappa shape index (κ3) is 2.43. The average molecular weight is 278 g/mol. The zero-order valence-electron chi connectivity index (χ0n) is 12.1. The molecule has 2 fully saturated rings. The van der Waals surface area contributed by atoms with Crippen LogP contribution in [0.1, 0.15) is 44.6 Å². The van der Waals surface area contributed by atoms with Gasteiger partial charge in [0.15, 0.2) is 6.29 Å². The predicted molar refractivity (Wildman–Crippen MR) is 74.0 cm³/mol. The highest BCUT2D eigenvalue weighted by Crippen LogP contribution is 2.48. The Morgan fingerprint density at radius 2 is 2.10 bits per heavy atom. The molecule has 2 aliphatic heterocycles. The summed E-state index contributed by atoms with van der Waals surface area (Å²) in [5, 5.41) is 0. The van der Waals surface area contributed by atoms with Crippen LogP contribution in [-0.4, -0.2) is 13.4 Å². The van der Waals surface area contributed by atoms with Crippen LogP contribution in [0.2, 0.25) is 0 Å². The maximum atomic E-state index is 6.07. The number of fused-ring (bicyclic) bond motifs is 2. The van der Waals surface area contributed by atoms with E-state index in [0.717, 1.165) is 30.6 Å². The van der Waals surface area contributed by atoms with Gasteiger partial charge in [-0.3, -0.25) is 0 Å². The van der Waals surface area contributed by atoms with Gasteiger partial charge in [0.2, 0.25) is 5.79 Å². The summed E-state index contributed by atoms with van der Waals surface area (Å²) in [5.74, 6) is 0.556. The van der Waals surface area contributed by atoms with E-state index in [4.69, 9.17) is 19.2 Å². The van der Waals surface area contributed by atoms with Gasteiger partial charge in [-0.2, -0.15) is 4.89 Å². The number of methoxy groups -OCH3 is 1. The third-order valence-corrected chi connectivity index (χ3v) is 4.27. The minimum Gasteiger partial charge on any atom is -0.497 e. The molecule has 20 heavy (non-hydrogen) atoms. The van der Waals surface area contributed by atoms with Gasteiger partial charge in [-0.1, -0.05) is 19.8 Å². The van der Waals surface area contributed by atoms with Crippen LogP contribution in [0.5, 0.6) is 5.75 Å². The number of hydrogen-bond acceptors (Lipinski definition) is 4. The molecule has 0 aliphatic carbocycles. The molecule has 4 heteroatoms. The van der Waals surface area contributed by atoms with Gasteiger partial charge >= 0.3 is 0 Å². The highest BCUT2D eigenvalue weighted by atomic mass is 17.3. The molecular weight excluding hydrogens is 256 g/mol. The van der Waals surface area contributed by atoms with Crippen molar-refractivity contribution in [2.45, 2.75) is 51.1 Å². The molecule has 2 aliphatic rings. The van der Waals surface area contributed by atoms with Gasteiger partial charge in [0.25, 0.3) is 0 Å². The van der Waals surface area contributed by atoms with E-state index in [-0.39, 0.29) is 6.29 Å². The Balaban J connectivity index is 1.72. The fourth-order valence-electron chi connectivity index (χ4n) is 2.99. The van der Waals surface area contributed by atoms with E-state index in [1.54, 1.807) is 7.11 Å². The summed E-state index contributed by atoms with van der Waals surface area (Å²) in [6.07, 6.45) is 5.25. The Morgan fingerprint density at radius 3 is 2.80 bits per heavy atom. The van der Waals surface area contributed by atoms with Crippen LogP contribution in [0.15, 0.2) is 24.3 Å². The van der Waals surface area contributed by atoms with Crippen molar-refractivity contribution in [3.8, 4) is 5.75 Å². The third-order valence-electron chi connectivity index (χ3n) is 4.27. The van der Waals surface area contributed by atoms with Crippen molar-refractivity contribution in [2.24, 2.45) is 5.92 Å². The smallest absolute Gasteiger partial charge is 0.230 e. The average Bonchev–Trinajstić information content (AvgIpc) is 2.86. The van der Waals surface area contributed by atoms with Gasteiger partial charge in [-0.05, 0) is 37.1 Å².